The largest absolute Gasteiger partial charge is 0.479 e. The van der Waals surface area contributed by atoms with Gasteiger partial charge in [-0.15, -0.1) is 6.42 Å². The molecular weight excluding hydrogens is 367 g/mol. The molecule has 0 fully saturated rings. The van der Waals surface area contributed by atoms with Gasteiger partial charge in [0.25, 0.3) is 5.91 Å². The summed E-state index contributed by atoms with van der Waals surface area (Å²) in [5, 5.41) is 2.75. The van der Waals surface area contributed by atoms with Gasteiger partial charge in [-0.2, -0.15) is 13.2 Å². The van der Waals surface area contributed by atoms with Crippen molar-refractivity contribution in [2.45, 2.75) is 6.18 Å². The van der Waals surface area contributed by atoms with Crippen LogP contribution in [0.4, 0.5) is 18.9 Å². The first-order valence-corrected chi connectivity index (χ1v) is 7.78. The van der Waals surface area contributed by atoms with Crippen LogP contribution in [-0.2, 0) is 11.0 Å². The van der Waals surface area contributed by atoms with Gasteiger partial charge in [0, 0.05) is 16.8 Å². The SMILES string of the molecule is C#CCOc1ccc(/C=C2\C(=O)Nc3cc(C(F)(F)F)ccc32)cc1Cl. The third-order valence-corrected chi connectivity index (χ3v) is 4.00. The van der Waals surface area contributed by atoms with E-state index in [4.69, 9.17) is 22.8 Å². The summed E-state index contributed by atoms with van der Waals surface area (Å²) in [5.74, 6) is 2.24. The summed E-state index contributed by atoms with van der Waals surface area (Å²) < 4.78 is 43.7. The number of rotatable bonds is 3. The summed E-state index contributed by atoms with van der Waals surface area (Å²) in [4.78, 5) is 12.1. The molecule has 0 saturated carbocycles. The number of fused-ring (bicyclic) bond motifs is 1. The first-order chi connectivity index (χ1) is 12.3. The number of ether oxygens (including phenoxy) is 1. The van der Waals surface area contributed by atoms with E-state index in [9.17, 15) is 18.0 Å². The minimum Gasteiger partial charge on any atom is -0.479 e. The highest BCUT2D eigenvalue weighted by Crippen LogP contribution is 2.38. The van der Waals surface area contributed by atoms with Crippen molar-refractivity contribution in [1.29, 1.82) is 0 Å². The number of halogens is 4. The monoisotopic (exact) mass is 377 g/mol. The average Bonchev–Trinajstić information content (AvgIpc) is 2.88. The van der Waals surface area contributed by atoms with Gasteiger partial charge < -0.3 is 10.1 Å². The molecule has 3 nitrogen and oxygen atoms in total. The van der Waals surface area contributed by atoms with Crippen LogP contribution in [0.5, 0.6) is 5.75 Å². The maximum absolute atomic E-state index is 12.8. The number of hydrogen-bond donors (Lipinski definition) is 1. The Morgan fingerprint density at radius 1 is 1.23 bits per heavy atom. The third kappa shape index (κ3) is 3.53. The number of benzene rings is 2. The van der Waals surface area contributed by atoms with Gasteiger partial charge in [-0.1, -0.05) is 29.7 Å². The molecule has 0 aliphatic carbocycles. The van der Waals surface area contributed by atoms with Gasteiger partial charge in [-0.25, -0.2) is 0 Å². The molecule has 2 aromatic carbocycles. The molecule has 1 heterocycles. The normalized spacial score (nSPS) is 14.7. The second kappa shape index (κ2) is 6.77. The second-order valence-corrected chi connectivity index (χ2v) is 5.86. The highest BCUT2D eigenvalue weighted by Gasteiger charge is 2.33. The van der Waals surface area contributed by atoms with E-state index in [0.29, 0.717) is 21.9 Å². The number of alkyl halides is 3. The Balaban J connectivity index is 1.95. The quantitative estimate of drug-likeness (QED) is 0.612. The zero-order chi connectivity index (χ0) is 18.9. The molecule has 132 valence electrons. The van der Waals surface area contributed by atoms with Crippen molar-refractivity contribution >= 4 is 34.8 Å². The van der Waals surface area contributed by atoms with Crippen LogP contribution in [0.3, 0.4) is 0 Å². The van der Waals surface area contributed by atoms with Gasteiger partial charge in [0.2, 0.25) is 0 Å². The Morgan fingerprint density at radius 2 is 2.00 bits per heavy atom. The highest BCUT2D eigenvalue weighted by molar-refractivity contribution is 6.35. The molecule has 0 saturated heterocycles. The molecule has 1 amide bonds. The van der Waals surface area contributed by atoms with Crippen LogP contribution >= 0.6 is 11.6 Å². The molecule has 1 aliphatic heterocycles. The summed E-state index contributed by atoms with van der Waals surface area (Å²) >= 11 is 6.11. The maximum Gasteiger partial charge on any atom is 0.416 e. The summed E-state index contributed by atoms with van der Waals surface area (Å²) in [7, 11) is 0. The lowest BCUT2D eigenvalue weighted by Gasteiger charge is -2.08. The standard InChI is InChI=1S/C19H11ClF3NO2/c1-2-7-26-17-6-3-11(9-15(17)20)8-14-13-5-4-12(19(21,22)23)10-16(13)24-18(14)25/h1,3-6,8-10H,7H2,(H,24,25)/b14-8-. The fourth-order valence-corrected chi connectivity index (χ4v) is 2.77. The Morgan fingerprint density at radius 3 is 2.65 bits per heavy atom. The first-order valence-electron chi connectivity index (χ1n) is 7.40. The number of carbonyl (C=O) groups excluding carboxylic acids is 1. The average molecular weight is 378 g/mol. The third-order valence-electron chi connectivity index (χ3n) is 3.71. The number of terminal acetylenes is 1. The van der Waals surface area contributed by atoms with Crippen molar-refractivity contribution in [3.8, 4) is 18.1 Å². The molecule has 1 aliphatic rings. The van der Waals surface area contributed by atoms with Gasteiger partial charge in [-0.3, -0.25) is 4.79 Å². The van der Waals surface area contributed by atoms with Crippen LogP contribution in [0.2, 0.25) is 5.02 Å². The molecule has 26 heavy (non-hydrogen) atoms. The predicted molar refractivity (Wildman–Crippen MR) is 93.7 cm³/mol. The Kier molecular flexibility index (Phi) is 4.66. The zero-order valence-corrected chi connectivity index (χ0v) is 13.9. The summed E-state index contributed by atoms with van der Waals surface area (Å²) in [6.07, 6.45) is 2.19. The molecule has 0 atom stereocenters. The van der Waals surface area contributed by atoms with Gasteiger partial charge in [0.1, 0.15) is 12.4 Å². The van der Waals surface area contributed by atoms with Gasteiger partial charge >= 0.3 is 6.18 Å². The number of anilines is 1. The Bertz CT molecular complexity index is 958. The first kappa shape index (κ1) is 17.9. The second-order valence-electron chi connectivity index (χ2n) is 5.45. The van der Waals surface area contributed by atoms with Crippen LogP contribution < -0.4 is 10.1 Å². The van der Waals surface area contributed by atoms with E-state index in [2.05, 4.69) is 11.2 Å². The number of carbonyl (C=O) groups is 1. The minimum atomic E-state index is -4.48. The van der Waals surface area contributed by atoms with Crippen molar-refractivity contribution in [2.75, 3.05) is 11.9 Å². The Labute approximate surface area is 152 Å². The van der Waals surface area contributed by atoms with E-state index >= 15 is 0 Å². The van der Waals surface area contributed by atoms with Gasteiger partial charge in [-0.05, 0) is 35.9 Å². The molecule has 3 rings (SSSR count). The molecule has 0 bridgehead atoms. The lowest BCUT2D eigenvalue weighted by atomic mass is 10.0. The number of nitrogens with one attached hydrogen (secondary N) is 1. The van der Waals surface area contributed by atoms with Crippen LogP contribution in [0, 0.1) is 12.3 Å². The molecule has 7 heteroatoms. The fraction of sp³-hybridized carbons (Fsp3) is 0.105. The number of hydrogen-bond acceptors (Lipinski definition) is 2. The van der Waals surface area contributed by atoms with E-state index in [1.807, 2.05) is 0 Å². The van der Waals surface area contributed by atoms with Crippen molar-refractivity contribution < 1.29 is 22.7 Å². The van der Waals surface area contributed by atoms with Crippen LogP contribution in [0.15, 0.2) is 36.4 Å². The summed E-state index contributed by atoms with van der Waals surface area (Å²) in [6, 6.07) is 7.98. The van der Waals surface area contributed by atoms with E-state index in [-0.39, 0.29) is 17.9 Å². The van der Waals surface area contributed by atoms with Crippen molar-refractivity contribution in [2.24, 2.45) is 0 Å². The van der Waals surface area contributed by atoms with E-state index < -0.39 is 17.6 Å². The zero-order valence-electron chi connectivity index (χ0n) is 13.2. The van der Waals surface area contributed by atoms with Crippen molar-refractivity contribution in [1.82, 2.24) is 0 Å². The molecule has 0 spiro atoms. The number of amides is 1. The van der Waals surface area contributed by atoms with Crippen LogP contribution in [0.25, 0.3) is 11.6 Å². The fourth-order valence-electron chi connectivity index (χ4n) is 2.52. The smallest absolute Gasteiger partial charge is 0.416 e. The molecule has 2 aromatic rings. The van der Waals surface area contributed by atoms with Crippen molar-refractivity contribution in [3.63, 3.8) is 0 Å². The topological polar surface area (TPSA) is 38.3 Å². The van der Waals surface area contributed by atoms with Crippen LogP contribution in [0.1, 0.15) is 16.7 Å². The Hall–Kier alpha value is -2.91. The lowest BCUT2D eigenvalue weighted by molar-refractivity contribution is -0.137. The molecule has 0 radical (unpaired) electrons. The lowest BCUT2D eigenvalue weighted by Crippen LogP contribution is -2.06. The van der Waals surface area contributed by atoms with Crippen molar-refractivity contribution in [3.05, 3.63) is 58.1 Å². The predicted octanol–water partition coefficient (Wildman–Crippen LogP) is 4.86. The van der Waals surface area contributed by atoms with Crippen LogP contribution in [-0.4, -0.2) is 12.5 Å². The minimum absolute atomic E-state index is 0.0669. The molecule has 0 unspecified atom stereocenters. The maximum atomic E-state index is 12.8. The highest BCUT2D eigenvalue weighted by atomic mass is 35.5. The van der Waals surface area contributed by atoms with Gasteiger partial charge in [0.15, 0.2) is 0 Å². The summed E-state index contributed by atoms with van der Waals surface area (Å²) in [5.41, 5.74) is 0.543. The summed E-state index contributed by atoms with van der Waals surface area (Å²) in [6.45, 7) is 0.0669. The van der Waals surface area contributed by atoms with Gasteiger partial charge in [0.05, 0.1) is 10.6 Å². The van der Waals surface area contributed by atoms with E-state index in [0.717, 1.165) is 12.1 Å². The molecular formula is C19H11ClF3NO2. The molecule has 1 N–H and O–H groups in total. The van der Waals surface area contributed by atoms with E-state index in [1.165, 1.54) is 6.07 Å². The van der Waals surface area contributed by atoms with E-state index in [1.54, 1.807) is 24.3 Å². The molecule has 0 aromatic heterocycles.